The molecule has 19 heavy (non-hydrogen) atoms. The summed E-state index contributed by atoms with van der Waals surface area (Å²) in [5.74, 6) is -2.59. The third-order valence-electron chi connectivity index (χ3n) is 2.00. The number of amides is 1. The van der Waals surface area contributed by atoms with Crippen LogP contribution in [0.1, 0.15) is 34.6 Å². The molecule has 2 N–H and O–H groups in total. The number of carboxylic acids is 1. The summed E-state index contributed by atoms with van der Waals surface area (Å²) in [7, 11) is 0. The minimum atomic E-state index is -1.23. The van der Waals surface area contributed by atoms with Crippen molar-refractivity contribution in [2.75, 3.05) is 0 Å². The molecule has 0 rings (SSSR count). The Morgan fingerprint density at radius 1 is 1.16 bits per heavy atom. The number of rotatable bonds is 5. The number of esters is 1. The number of ether oxygens (including phenoxy) is 1. The highest BCUT2D eigenvalue weighted by molar-refractivity contribution is 5.96. The average Bonchev–Trinajstić information content (AvgIpc) is 2.19. The molecule has 0 bridgehead atoms. The highest BCUT2D eigenvalue weighted by Gasteiger charge is 2.28. The van der Waals surface area contributed by atoms with Gasteiger partial charge in [0.15, 0.2) is 0 Å². The van der Waals surface area contributed by atoms with E-state index in [-0.39, 0.29) is 5.92 Å². The Labute approximate surface area is 112 Å². The Kier molecular flexibility index (Phi) is 6.24. The van der Waals surface area contributed by atoms with Crippen molar-refractivity contribution in [3.63, 3.8) is 0 Å². The number of carbonyl (C=O) groups is 3. The molecule has 6 nitrogen and oxygen atoms in total. The molecule has 0 saturated carbocycles. The summed E-state index contributed by atoms with van der Waals surface area (Å²) in [5, 5.41) is 10.8. The Hall–Kier alpha value is -1.85. The van der Waals surface area contributed by atoms with Crippen LogP contribution in [-0.2, 0) is 19.1 Å². The smallest absolute Gasteiger partial charge is 0.329 e. The summed E-state index contributed by atoms with van der Waals surface area (Å²) >= 11 is 0. The largest absolute Gasteiger partial charge is 0.478 e. The van der Waals surface area contributed by atoms with Crippen LogP contribution >= 0.6 is 0 Å². The van der Waals surface area contributed by atoms with Gasteiger partial charge >= 0.3 is 11.9 Å². The van der Waals surface area contributed by atoms with Gasteiger partial charge < -0.3 is 15.2 Å². The van der Waals surface area contributed by atoms with Gasteiger partial charge in [0.05, 0.1) is 0 Å². The van der Waals surface area contributed by atoms with Crippen molar-refractivity contribution >= 4 is 17.8 Å². The van der Waals surface area contributed by atoms with E-state index in [4.69, 9.17) is 9.84 Å². The number of hydrogen-bond acceptors (Lipinski definition) is 4. The van der Waals surface area contributed by atoms with Gasteiger partial charge in [-0.15, -0.1) is 0 Å². The standard InChI is InChI=1S/C13H21NO5/c1-8(2)11(12(18)19-13(3,4)5)14-9(15)6-7-10(16)17/h6-8,11H,1-5H3,(H,14,15)(H,16,17)/b7-6+/t11-/m0/s1. The second-order valence-electron chi connectivity index (χ2n) is 5.44. The summed E-state index contributed by atoms with van der Waals surface area (Å²) in [6.07, 6.45) is 1.57. The summed E-state index contributed by atoms with van der Waals surface area (Å²) in [5.41, 5.74) is -0.647. The Morgan fingerprint density at radius 3 is 2.05 bits per heavy atom. The monoisotopic (exact) mass is 271 g/mol. The van der Waals surface area contributed by atoms with E-state index in [1.54, 1.807) is 34.6 Å². The van der Waals surface area contributed by atoms with E-state index < -0.39 is 29.5 Å². The molecule has 0 spiro atoms. The summed E-state index contributed by atoms with van der Waals surface area (Å²) in [4.78, 5) is 33.6. The molecule has 0 fully saturated rings. The van der Waals surface area contributed by atoms with Crippen molar-refractivity contribution in [2.24, 2.45) is 5.92 Å². The fourth-order valence-corrected chi connectivity index (χ4v) is 1.21. The molecule has 1 amide bonds. The molecule has 6 heteroatoms. The Balaban J connectivity index is 4.71. The maximum absolute atomic E-state index is 11.9. The zero-order chi connectivity index (χ0) is 15.2. The van der Waals surface area contributed by atoms with Crippen LogP contribution in [0.2, 0.25) is 0 Å². The molecule has 0 aliphatic rings. The molecule has 0 unspecified atom stereocenters. The number of aliphatic carboxylic acids is 1. The molecule has 0 saturated heterocycles. The molecular weight excluding hydrogens is 250 g/mol. The minimum Gasteiger partial charge on any atom is -0.478 e. The van der Waals surface area contributed by atoms with E-state index in [2.05, 4.69) is 5.32 Å². The molecule has 108 valence electrons. The van der Waals surface area contributed by atoms with Crippen molar-refractivity contribution in [1.82, 2.24) is 5.32 Å². The van der Waals surface area contributed by atoms with Crippen LogP contribution in [0.4, 0.5) is 0 Å². The molecular formula is C13H21NO5. The maximum Gasteiger partial charge on any atom is 0.329 e. The third kappa shape index (κ3) is 7.96. The summed E-state index contributed by atoms with van der Waals surface area (Å²) < 4.78 is 5.19. The zero-order valence-electron chi connectivity index (χ0n) is 11.9. The second-order valence-corrected chi connectivity index (χ2v) is 5.44. The van der Waals surface area contributed by atoms with Crippen molar-refractivity contribution in [1.29, 1.82) is 0 Å². The van der Waals surface area contributed by atoms with Gasteiger partial charge in [-0.2, -0.15) is 0 Å². The SMILES string of the molecule is CC(C)[C@H](NC(=O)/C=C/C(=O)O)C(=O)OC(C)(C)C. The molecule has 0 aliphatic carbocycles. The van der Waals surface area contributed by atoms with Gasteiger partial charge in [-0.05, 0) is 26.7 Å². The first-order valence-electron chi connectivity index (χ1n) is 5.97. The van der Waals surface area contributed by atoms with Gasteiger partial charge in [-0.1, -0.05) is 13.8 Å². The van der Waals surface area contributed by atoms with E-state index >= 15 is 0 Å². The van der Waals surface area contributed by atoms with Crippen LogP contribution in [0, 0.1) is 5.92 Å². The van der Waals surface area contributed by atoms with Gasteiger partial charge in [0.25, 0.3) is 0 Å². The predicted octanol–water partition coefficient (Wildman–Crippen LogP) is 1.11. The van der Waals surface area contributed by atoms with Crippen LogP contribution in [0.5, 0.6) is 0 Å². The highest BCUT2D eigenvalue weighted by Crippen LogP contribution is 2.12. The van der Waals surface area contributed by atoms with E-state index in [0.717, 1.165) is 6.08 Å². The first kappa shape index (κ1) is 17.2. The quantitative estimate of drug-likeness (QED) is 0.577. The van der Waals surface area contributed by atoms with Gasteiger partial charge in [0.1, 0.15) is 11.6 Å². The number of nitrogens with one attached hydrogen (secondary N) is 1. The molecule has 0 aliphatic heterocycles. The van der Waals surface area contributed by atoms with Crippen molar-refractivity contribution in [3.8, 4) is 0 Å². The lowest BCUT2D eigenvalue weighted by Gasteiger charge is -2.26. The lowest BCUT2D eigenvalue weighted by molar-refractivity contribution is -0.159. The first-order chi connectivity index (χ1) is 8.53. The third-order valence-corrected chi connectivity index (χ3v) is 2.00. The number of carboxylic acid groups (broad SMARTS) is 1. The summed E-state index contributed by atoms with van der Waals surface area (Å²) in [6.45, 7) is 8.71. The van der Waals surface area contributed by atoms with E-state index in [1.165, 1.54) is 0 Å². The van der Waals surface area contributed by atoms with Crippen molar-refractivity contribution in [3.05, 3.63) is 12.2 Å². The fourth-order valence-electron chi connectivity index (χ4n) is 1.21. The Morgan fingerprint density at radius 2 is 1.68 bits per heavy atom. The zero-order valence-corrected chi connectivity index (χ0v) is 11.9. The van der Waals surface area contributed by atoms with Crippen molar-refractivity contribution < 1.29 is 24.2 Å². The van der Waals surface area contributed by atoms with Crippen LogP contribution in [0.3, 0.4) is 0 Å². The van der Waals surface area contributed by atoms with Crippen LogP contribution in [0.15, 0.2) is 12.2 Å². The predicted molar refractivity (Wildman–Crippen MR) is 69.4 cm³/mol. The molecule has 0 aromatic heterocycles. The Bertz CT molecular complexity index is 379. The second kappa shape index (κ2) is 6.92. The van der Waals surface area contributed by atoms with Gasteiger partial charge in [-0.25, -0.2) is 9.59 Å². The summed E-state index contributed by atoms with van der Waals surface area (Å²) in [6, 6.07) is -0.815. The number of carbonyl (C=O) groups excluding carboxylic acids is 2. The lowest BCUT2D eigenvalue weighted by Crippen LogP contribution is -2.46. The van der Waals surface area contributed by atoms with E-state index in [0.29, 0.717) is 6.08 Å². The van der Waals surface area contributed by atoms with E-state index in [9.17, 15) is 14.4 Å². The normalized spacial score (nSPS) is 13.4. The van der Waals surface area contributed by atoms with Gasteiger partial charge in [0, 0.05) is 12.2 Å². The lowest BCUT2D eigenvalue weighted by atomic mass is 10.0. The molecule has 0 aromatic carbocycles. The van der Waals surface area contributed by atoms with E-state index in [1.807, 2.05) is 0 Å². The molecule has 1 atom stereocenters. The molecule has 0 heterocycles. The van der Waals surface area contributed by atoms with Crippen LogP contribution in [0.25, 0.3) is 0 Å². The number of hydrogen-bond donors (Lipinski definition) is 2. The van der Waals surface area contributed by atoms with Gasteiger partial charge in [-0.3, -0.25) is 4.79 Å². The van der Waals surface area contributed by atoms with Crippen LogP contribution in [-0.4, -0.2) is 34.6 Å². The fraction of sp³-hybridized carbons (Fsp3) is 0.615. The minimum absolute atomic E-state index is 0.169. The van der Waals surface area contributed by atoms with Crippen LogP contribution < -0.4 is 5.32 Å². The van der Waals surface area contributed by atoms with Gasteiger partial charge in [0.2, 0.25) is 5.91 Å². The maximum atomic E-state index is 11.9. The first-order valence-corrected chi connectivity index (χ1v) is 5.97. The molecule has 0 aromatic rings. The average molecular weight is 271 g/mol. The topological polar surface area (TPSA) is 92.7 Å². The van der Waals surface area contributed by atoms with Crippen molar-refractivity contribution in [2.45, 2.75) is 46.3 Å². The highest BCUT2D eigenvalue weighted by atomic mass is 16.6. The molecule has 0 radical (unpaired) electrons.